The molecule has 1 aromatic heterocycles. The van der Waals surface area contributed by atoms with E-state index < -0.39 is 5.97 Å². The zero-order valence-corrected chi connectivity index (χ0v) is 12.4. The lowest BCUT2D eigenvalue weighted by Crippen LogP contribution is -2.07. The Morgan fingerprint density at radius 2 is 2.14 bits per heavy atom. The minimum absolute atomic E-state index is 0.179. The number of rotatable bonds is 6. The first-order chi connectivity index (χ1) is 10.1. The van der Waals surface area contributed by atoms with Gasteiger partial charge in [-0.15, -0.1) is 5.10 Å². The molecule has 0 aliphatic rings. The van der Waals surface area contributed by atoms with E-state index >= 15 is 0 Å². The molecule has 0 unspecified atom stereocenters. The van der Waals surface area contributed by atoms with E-state index in [1.165, 1.54) is 0 Å². The molecule has 2 aromatic rings. The molecule has 0 saturated heterocycles. The van der Waals surface area contributed by atoms with Crippen molar-refractivity contribution in [3.8, 4) is 17.0 Å². The number of carbonyl (C=O) groups excluding carboxylic acids is 1. The van der Waals surface area contributed by atoms with Gasteiger partial charge in [-0.2, -0.15) is 10.3 Å². The number of benzene rings is 1. The second-order valence-corrected chi connectivity index (χ2v) is 4.97. The summed E-state index contributed by atoms with van der Waals surface area (Å²) in [5.41, 5.74) is 1.40. The summed E-state index contributed by atoms with van der Waals surface area (Å²) < 4.78 is 10.6. The molecule has 6 nitrogen and oxygen atoms in total. The lowest BCUT2D eigenvalue weighted by atomic mass is 10.1. The third-order valence-electron chi connectivity index (χ3n) is 2.71. The highest BCUT2D eigenvalue weighted by atomic mass is 16.5. The summed E-state index contributed by atoms with van der Waals surface area (Å²) in [6, 6.07) is 7.41. The normalized spacial score (nSPS) is 10.7. The molecular weight excluding hydrogens is 270 g/mol. The Hall–Kier alpha value is -2.37. The van der Waals surface area contributed by atoms with E-state index in [0.29, 0.717) is 24.8 Å². The topological polar surface area (TPSA) is 77.1 Å². The van der Waals surface area contributed by atoms with Crippen molar-refractivity contribution >= 4 is 5.97 Å². The first-order valence-electron chi connectivity index (χ1n) is 6.93. The summed E-state index contributed by atoms with van der Waals surface area (Å²) in [7, 11) is 0. The Balaban J connectivity index is 2.24. The van der Waals surface area contributed by atoms with E-state index in [4.69, 9.17) is 9.47 Å². The number of ether oxygens (including phenoxy) is 2. The van der Waals surface area contributed by atoms with E-state index in [0.717, 1.165) is 11.3 Å². The van der Waals surface area contributed by atoms with Crippen molar-refractivity contribution in [2.45, 2.75) is 20.8 Å². The van der Waals surface area contributed by atoms with E-state index in [-0.39, 0.29) is 5.69 Å². The fraction of sp³-hybridized carbons (Fsp3) is 0.400. The molecule has 1 heterocycles. The smallest absolute Gasteiger partial charge is 0.361 e. The number of nitrogens with zero attached hydrogens (tertiary/aromatic N) is 2. The number of nitrogens with one attached hydrogen (secondary N) is 1. The summed E-state index contributed by atoms with van der Waals surface area (Å²) in [5.74, 6) is 0.685. The van der Waals surface area contributed by atoms with Crippen molar-refractivity contribution < 1.29 is 14.3 Å². The van der Waals surface area contributed by atoms with Crippen LogP contribution in [0.3, 0.4) is 0 Å². The summed E-state index contributed by atoms with van der Waals surface area (Å²) in [5, 5.41) is 10.4. The first kappa shape index (κ1) is 15.0. The van der Waals surface area contributed by atoms with Crippen molar-refractivity contribution in [3.05, 3.63) is 30.0 Å². The number of esters is 1. The Morgan fingerprint density at radius 3 is 2.86 bits per heavy atom. The van der Waals surface area contributed by atoms with Gasteiger partial charge < -0.3 is 9.47 Å². The van der Waals surface area contributed by atoms with Crippen LogP contribution >= 0.6 is 0 Å². The maximum Gasteiger partial charge on any atom is 0.361 e. The summed E-state index contributed by atoms with van der Waals surface area (Å²) in [6.07, 6.45) is 0. The standard InChI is InChI=1S/C15H19N3O3/c1-4-20-15(19)14-13(16-18-17-14)11-6-5-7-12(8-11)21-9-10(2)3/h5-8,10H,4,9H2,1-3H3,(H,16,17,18). The average molecular weight is 289 g/mol. The highest BCUT2D eigenvalue weighted by Gasteiger charge is 2.19. The number of H-pyrrole nitrogens is 1. The molecule has 0 amide bonds. The molecule has 0 atom stereocenters. The van der Waals surface area contributed by atoms with Crippen LogP contribution in [0.2, 0.25) is 0 Å². The van der Waals surface area contributed by atoms with E-state index in [2.05, 4.69) is 29.3 Å². The van der Waals surface area contributed by atoms with Crippen LogP contribution in [0.25, 0.3) is 11.3 Å². The Kier molecular flexibility index (Phi) is 4.92. The van der Waals surface area contributed by atoms with Gasteiger partial charge in [-0.1, -0.05) is 26.0 Å². The molecule has 0 spiro atoms. The molecule has 0 aliphatic heterocycles. The second-order valence-electron chi connectivity index (χ2n) is 4.97. The quantitative estimate of drug-likeness (QED) is 0.827. The van der Waals surface area contributed by atoms with Crippen LogP contribution in [0.1, 0.15) is 31.3 Å². The van der Waals surface area contributed by atoms with Crippen LogP contribution in [0, 0.1) is 5.92 Å². The van der Waals surface area contributed by atoms with Crippen LogP contribution in [-0.4, -0.2) is 34.6 Å². The summed E-state index contributed by atoms with van der Waals surface area (Å²) in [6.45, 7) is 6.84. The fourth-order valence-corrected chi connectivity index (χ4v) is 1.77. The third kappa shape index (κ3) is 3.81. The molecule has 2 rings (SSSR count). The minimum atomic E-state index is -0.491. The Morgan fingerprint density at radius 1 is 1.33 bits per heavy atom. The molecule has 112 valence electrons. The van der Waals surface area contributed by atoms with Crippen molar-refractivity contribution in [2.75, 3.05) is 13.2 Å². The average Bonchev–Trinajstić information content (AvgIpc) is 2.95. The molecule has 0 saturated carbocycles. The van der Waals surface area contributed by atoms with Crippen molar-refractivity contribution in [3.63, 3.8) is 0 Å². The van der Waals surface area contributed by atoms with Gasteiger partial charge in [0.1, 0.15) is 11.4 Å². The SMILES string of the molecule is CCOC(=O)c1n[nH]nc1-c1cccc(OCC(C)C)c1. The van der Waals surface area contributed by atoms with E-state index in [1.807, 2.05) is 24.3 Å². The van der Waals surface area contributed by atoms with E-state index in [9.17, 15) is 4.79 Å². The minimum Gasteiger partial charge on any atom is -0.493 e. The molecule has 0 bridgehead atoms. The highest BCUT2D eigenvalue weighted by Crippen LogP contribution is 2.24. The van der Waals surface area contributed by atoms with Gasteiger partial charge in [-0.05, 0) is 25.0 Å². The summed E-state index contributed by atoms with van der Waals surface area (Å²) >= 11 is 0. The molecule has 0 radical (unpaired) electrons. The molecular formula is C15H19N3O3. The van der Waals surface area contributed by atoms with Crippen molar-refractivity contribution in [1.82, 2.24) is 15.4 Å². The number of hydrogen-bond acceptors (Lipinski definition) is 5. The van der Waals surface area contributed by atoms with Crippen molar-refractivity contribution in [1.29, 1.82) is 0 Å². The molecule has 0 aliphatic carbocycles. The maximum absolute atomic E-state index is 11.8. The van der Waals surface area contributed by atoms with Crippen LogP contribution in [-0.2, 0) is 4.74 Å². The Bertz CT molecular complexity index is 608. The van der Waals surface area contributed by atoms with E-state index in [1.54, 1.807) is 6.92 Å². The predicted molar refractivity (Wildman–Crippen MR) is 78.1 cm³/mol. The molecule has 0 fully saturated rings. The van der Waals surface area contributed by atoms with Crippen LogP contribution in [0.15, 0.2) is 24.3 Å². The molecule has 6 heteroatoms. The number of hydrogen-bond donors (Lipinski definition) is 1. The van der Waals surface area contributed by atoms with Gasteiger partial charge in [-0.25, -0.2) is 4.79 Å². The molecule has 1 aromatic carbocycles. The zero-order chi connectivity index (χ0) is 15.2. The Labute approximate surface area is 123 Å². The number of aromatic nitrogens is 3. The maximum atomic E-state index is 11.8. The second kappa shape index (κ2) is 6.88. The van der Waals surface area contributed by atoms with Gasteiger partial charge in [-0.3, -0.25) is 0 Å². The van der Waals surface area contributed by atoms with Crippen LogP contribution in [0.4, 0.5) is 0 Å². The highest BCUT2D eigenvalue weighted by molar-refractivity contribution is 5.93. The molecule has 21 heavy (non-hydrogen) atoms. The van der Waals surface area contributed by atoms with Gasteiger partial charge >= 0.3 is 5.97 Å². The van der Waals surface area contributed by atoms with Crippen LogP contribution in [0.5, 0.6) is 5.75 Å². The van der Waals surface area contributed by atoms with Gasteiger partial charge in [0, 0.05) is 5.56 Å². The summed E-state index contributed by atoms with van der Waals surface area (Å²) in [4.78, 5) is 11.8. The fourth-order valence-electron chi connectivity index (χ4n) is 1.77. The lowest BCUT2D eigenvalue weighted by molar-refractivity contribution is 0.0520. The number of carbonyl (C=O) groups is 1. The lowest BCUT2D eigenvalue weighted by Gasteiger charge is -2.09. The van der Waals surface area contributed by atoms with Gasteiger partial charge in [0.25, 0.3) is 0 Å². The largest absolute Gasteiger partial charge is 0.493 e. The monoisotopic (exact) mass is 289 g/mol. The van der Waals surface area contributed by atoms with Gasteiger partial charge in [0.15, 0.2) is 5.69 Å². The van der Waals surface area contributed by atoms with Gasteiger partial charge in [0.05, 0.1) is 13.2 Å². The molecule has 1 N–H and O–H groups in total. The zero-order valence-electron chi connectivity index (χ0n) is 12.4. The van der Waals surface area contributed by atoms with Gasteiger partial charge in [0.2, 0.25) is 0 Å². The number of aromatic amines is 1. The van der Waals surface area contributed by atoms with Crippen molar-refractivity contribution in [2.24, 2.45) is 5.92 Å². The first-order valence-corrected chi connectivity index (χ1v) is 6.93. The predicted octanol–water partition coefficient (Wildman–Crippen LogP) is 2.68. The van der Waals surface area contributed by atoms with Crippen LogP contribution < -0.4 is 4.74 Å². The third-order valence-corrected chi connectivity index (χ3v) is 2.71.